The highest BCUT2D eigenvalue weighted by atomic mass is 19.3. The molecule has 92 valence electrons. The smallest absolute Gasteiger partial charge is 0.408 e. The van der Waals surface area contributed by atoms with Crippen molar-refractivity contribution in [2.24, 2.45) is 0 Å². The molecule has 0 bridgehead atoms. The summed E-state index contributed by atoms with van der Waals surface area (Å²) < 4.78 is 36.3. The monoisotopic (exact) mass is 243 g/mol. The van der Waals surface area contributed by atoms with E-state index in [-0.39, 0.29) is 0 Å². The van der Waals surface area contributed by atoms with Gasteiger partial charge in [-0.1, -0.05) is 12.1 Å². The number of ether oxygens (including phenoxy) is 2. The number of hydrogen-bond acceptors (Lipinski definition) is 3. The van der Waals surface area contributed by atoms with Crippen LogP contribution in [-0.4, -0.2) is 25.7 Å². The number of hydrogen-bond donors (Lipinski definition) is 1. The van der Waals surface area contributed by atoms with Gasteiger partial charge in [-0.15, -0.1) is 0 Å². The molecule has 0 aliphatic carbocycles. The molecule has 1 aliphatic heterocycles. The van der Waals surface area contributed by atoms with E-state index in [1.54, 1.807) is 12.1 Å². The van der Waals surface area contributed by atoms with Gasteiger partial charge >= 0.3 is 12.0 Å². The molecule has 1 N–H and O–H groups in total. The Kier molecular flexibility index (Phi) is 2.87. The van der Waals surface area contributed by atoms with Gasteiger partial charge in [0.1, 0.15) is 11.8 Å². The number of nitrogens with one attached hydrogen (secondary N) is 1. The molecule has 4 nitrogen and oxygen atoms in total. The number of amides is 1. The minimum atomic E-state index is -3.12. The van der Waals surface area contributed by atoms with Gasteiger partial charge < -0.3 is 14.8 Å². The van der Waals surface area contributed by atoms with Gasteiger partial charge in [0.2, 0.25) is 0 Å². The highest BCUT2D eigenvalue weighted by Gasteiger charge is 2.46. The van der Waals surface area contributed by atoms with E-state index in [0.717, 1.165) is 0 Å². The molecule has 1 atom stereocenters. The van der Waals surface area contributed by atoms with Crippen molar-refractivity contribution in [3.8, 4) is 5.75 Å². The summed E-state index contributed by atoms with van der Waals surface area (Å²) >= 11 is 0. The number of benzene rings is 1. The summed E-state index contributed by atoms with van der Waals surface area (Å²) in [7, 11) is 1.49. The molecule has 1 aromatic rings. The van der Waals surface area contributed by atoms with Gasteiger partial charge in [-0.2, -0.15) is 0 Å². The van der Waals surface area contributed by atoms with E-state index in [9.17, 15) is 13.6 Å². The fourth-order valence-corrected chi connectivity index (χ4v) is 1.63. The lowest BCUT2D eigenvalue weighted by Crippen LogP contribution is -2.49. The van der Waals surface area contributed by atoms with Crippen LogP contribution in [0.15, 0.2) is 24.3 Å². The van der Waals surface area contributed by atoms with E-state index < -0.39 is 24.7 Å². The van der Waals surface area contributed by atoms with E-state index >= 15 is 0 Å². The van der Waals surface area contributed by atoms with Gasteiger partial charge in [0.25, 0.3) is 0 Å². The van der Waals surface area contributed by atoms with Crippen LogP contribution in [-0.2, 0) is 4.74 Å². The Morgan fingerprint density at radius 2 is 2.06 bits per heavy atom. The third-order valence-electron chi connectivity index (χ3n) is 2.53. The van der Waals surface area contributed by atoms with Crippen molar-refractivity contribution < 1.29 is 23.0 Å². The van der Waals surface area contributed by atoms with Gasteiger partial charge in [0.15, 0.2) is 6.61 Å². The number of alkyl carbamates (subject to hydrolysis) is 1. The average molecular weight is 243 g/mol. The minimum Gasteiger partial charge on any atom is -0.497 e. The second-order valence-electron chi connectivity index (χ2n) is 3.69. The fourth-order valence-electron chi connectivity index (χ4n) is 1.63. The number of carbonyl (C=O) groups is 1. The Labute approximate surface area is 96.5 Å². The molecule has 1 saturated heterocycles. The Hall–Kier alpha value is -1.85. The molecular formula is C11H11F2NO3. The normalized spacial score (nSPS) is 22.5. The van der Waals surface area contributed by atoms with Gasteiger partial charge in [-0.25, -0.2) is 13.6 Å². The molecule has 0 radical (unpaired) electrons. The maximum atomic E-state index is 13.5. The van der Waals surface area contributed by atoms with Crippen molar-refractivity contribution in [2.75, 3.05) is 13.7 Å². The van der Waals surface area contributed by atoms with Crippen LogP contribution in [0.4, 0.5) is 13.6 Å². The molecule has 1 aliphatic rings. The molecule has 1 aromatic carbocycles. The Morgan fingerprint density at radius 3 is 2.65 bits per heavy atom. The Bertz CT molecular complexity index is 419. The molecule has 6 heteroatoms. The summed E-state index contributed by atoms with van der Waals surface area (Å²) in [5.74, 6) is -2.56. The summed E-state index contributed by atoms with van der Waals surface area (Å²) in [5.41, 5.74) is 0.312. The van der Waals surface area contributed by atoms with E-state index in [4.69, 9.17) is 4.74 Å². The lowest BCUT2D eigenvalue weighted by Gasteiger charge is -2.31. The quantitative estimate of drug-likeness (QED) is 0.865. The summed E-state index contributed by atoms with van der Waals surface area (Å²) in [5, 5.41) is 2.11. The SMILES string of the molecule is COc1ccc([C@@H]2NC(=O)OCC2(F)F)cc1. The van der Waals surface area contributed by atoms with Crippen LogP contribution in [0, 0.1) is 0 Å². The number of carbonyl (C=O) groups excluding carboxylic acids is 1. The van der Waals surface area contributed by atoms with E-state index in [1.807, 2.05) is 0 Å². The first kappa shape index (κ1) is 11.6. The summed E-state index contributed by atoms with van der Waals surface area (Å²) in [6, 6.07) is 4.74. The first-order chi connectivity index (χ1) is 8.03. The van der Waals surface area contributed by atoms with E-state index in [2.05, 4.69) is 10.1 Å². The van der Waals surface area contributed by atoms with Gasteiger partial charge in [-0.05, 0) is 17.7 Å². The number of halogens is 2. The van der Waals surface area contributed by atoms with Crippen molar-refractivity contribution in [2.45, 2.75) is 12.0 Å². The number of alkyl halides is 2. The van der Waals surface area contributed by atoms with Crippen LogP contribution >= 0.6 is 0 Å². The highest BCUT2D eigenvalue weighted by Crippen LogP contribution is 2.34. The molecule has 2 rings (SSSR count). The van der Waals surface area contributed by atoms with E-state index in [1.165, 1.54) is 19.2 Å². The number of rotatable bonds is 2. The minimum absolute atomic E-state index is 0.312. The number of cyclic esters (lactones) is 1. The van der Waals surface area contributed by atoms with Crippen molar-refractivity contribution in [3.63, 3.8) is 0 Å². The summed E-state index contributed by atoms with van der Waals surface area (Å²) in [6.07, 6.45) is -0.836. The van der Waals surface area contributed by atoms with Gasteiger partial charge in [0, 0.05) is 0 Å². The second-order valence-corrected chi connectivity index (χ2v) is 3.69. The summed E-state index contributed by atoms with van der Waals surface area (Å²) in [4.78, 5) is 11.0. The first-order valence-electron chi connectivity index (χ1n) is 4.98. The van der Waals surface area contributed by atoms with E-state index in [0.29, 0.717) is 11.3 Å². The molecule has 0 unspecified atom stereocenters. The topological polar surface area (TPSA) is 47.6 Å². The summed E-state index contributed by atoms with van der Waals surface area (Å²) in [6.45, 7) is -0.907. The second kappa shape index (κ2) is 4.20. The lowest BCUT2D eigenvalue weighted by molar-refractivity contribution is -0.104. The van der Waals surface area contributed by atoms with Crippen molar-refractivity contribution >= 4 is 6.09 Å². The van der Waals surface area contributed by atoms with Crippen LogP contribution in [0.5, 0.6) is 5.75 Å². The molecule has 1 amide bonds. The van der Waals surface area contributed by atoms with Crippen LogP contribution in [0.25, 0.3) is 0 Å². The van der Waals surface area contributed by atoms with Crippen LogP contribution in [0.1, 0.15) is 11.6 Å². The third-order valence-corrected chi connectivity index (χ3v) is 2.53. The van der Waals surface area contributed by atoms with Crippen molar-refractivity contribution in [3.05, 3.63) is 29.8 Å². The zero-order valence-electron chi connectivity index (χ0n) is 9.07. The van der Waals surface area contributed by atoms with Crippen molar-refractivity contribution in [1.29, 1.82) is 0 Å². The molecule has 0 spiro atoms. The third kappa shape index (κ3) is 2.30. The highest BCUT2D eigenvalue weighted by molar-refractivity contribution is 5.69. The first-order valence-corrected chi connectivity index (χ1v) is 4.98. The predicted octanol–water partition coefficient (Wildman–Crippen LogP) is 2.11. The fraction of sp³-hybridized carbons (Fsp3) is 0.364. The zero-order valence-corrected chi connectivity index (χ0v) is 9.07. The van der Waals surface area contributed by atoms with Gasteiger partial charge in [0.05, 0.1) is 7.11 Å². The van der Waals surface area contributed by atoms with Crippen molar-refractivity contribution in [1.82, 2.24) is 5.32 Å². The zero-order chi connectivity index (χ0) is 12.5. The Morgan fingerprint density at radius 1 is 1.41 bits per heavy atom. The molecular weight excluding hydrogens is 232 g/mol. The molecule has 1 heterocycles. The largest absolute Gasteiger partial charge is 0.497 e. The van der Waals surface area contributed by atoms with Crippen LogP contribution in [0.3, 0.4) is 0 Å². The van der Waals surface area contributed by atoms with Gasteiger partial charge in [-0.3, -0.25) is 0 Å². The molecule has 1 fully saturated rings. The number of methoxy groups -OCH3 is 1. The maximum Gasteiger partial charge on any atom is 0.408 e. The Balaban J connectivity index is 2.26. The standard InChI is InChI=1S/C11H11F2NO3/c1-16-8-4-2-7(3-5-8)9-11(12,13)6-17-10(15)14-9/h2-5,9H,6H2,1H3,(H,14,15)/t9-/m0/s1. The predicted molar refractivity (Wildman–Crippen MR) is 55.2 cm³/mol. The lowest BCUT2D eigenvalue weighted by atomic mass is 10.00. The molecule has 0 aromatic heterocycles. The average Bonchev–Trinajstić information content (AvgIpc) is 2.33. The molecule has 17 heavy (non-hydrogen) atoms. The van der Waals surface area contributed by atoms with Crippen LogP contribution < -0.4 is 10.1 Å². The maximum absolute atomic E-state index is 13.5. The van der Waals surface area contributed by atoms with Crippen LogP contribution in [0.2, 0.25) is 0 Å². The molecule has 0 saturated carbocycles.